The highest BCUT2D eigenvalue weighted by Crippen LogP contribution is 2.25. The zero-order valence-electron chi connectivity index (χ0n) is 12.2. The maximum Gasteiger partial charge on any atom is 0.408 e. The molecular formula is C15H23NO3. The highest BCUT2D eigenvalue weighted by molar-refractivity contribution is 5.68. The fraction of sp³-hybridized carbons (Fsp3) is 0.533. The normalized spacial score (nSPS) is 13.8. The summed E-state index contributed by atoms with van der Waals surface area (Å²) in [6.45, 7) is 8.71. The zero-order valence-corrected chi connectivity index (χ0v) is 12.2. The number of alkyl carbamates (subject to hydrolysis) is 1. The molecule has 2 N–H and O–H groups in total. The molecule has 19 heavy (non-hydrogen) atoms. The third kappa shape index (κ3) is 5.30. The first-order chi connectivity index (χ1) is 8.59. The van der Waals surface area contributed by atoms with E-state index in [-0.39, 0.29) is 0 Å². The van der Waals surface area contributed by atoms with Crippen LogP contribution in [0.4, 0.5) is 4.79 Å². The van der Waals surface area contributed by atoms with Gasteiger partial charge >= 0.3 is 6.09 Å². The number of rotatable bonds is 3. The monoisotopic (exact) mass is 265 g/mol. The molecule has 1 rings (SSSR count). The van der Waals surface area contributed by atoms with Gasteiger partial charge in [0, 0.05) is 0 Å². The SMILES string of the molecule is CC(C)(C)OC(=O)NC(c1ccccc1)C(C)(C)O. The molecule has 0 heterocycles. The molecule has 1 unspecified atom stereocenters. The number of benzene rings is 1. The quantitative estimate of drug-likeness (QED) is 0.883. The Morgan fingerprint density at radius 1 is 1.16 bits per heavy atom. The van der Waals surface area contributed by atoms with E-state index in [1.807, 2.05) is 30.3 Å². The van der Waals surface area contributed by atoms with Crippen molar-refractivity contribution in [3.8, 4) is 0 Å². The molecule has 0 aromatic heterocycles. The largest absolute Gasteiger partial charge is 0.444 e. The van der Waals surface area contributed by atoms with Gasteiger partial charge in [-0.25, -0.2) is 4.79 Å². The van der Waals surface area contributed by atoms with E-state index < -0.39 is 23.3 Å². The zero-order chi connectivity index (χ0) is 14.7. The number of carbonyl (C=O) groups excluding carboxylic acids is 1. The van der Waals surface area contributed by atoms with Gasteiger partial charge in [-0.3, -0.25) is 0 Å². The molecule has 0 fully saturated rings. The molecule has 1 aromatic rings. The van der Waals surface area contributed by atoms with Crippen LogP contribution in [0.2, 0.25) is 0 Å². The molecule has 0 saturated carbocycles. The van der Waals surface area contributed by atoms with Crippen molar-refractivity contribution in [1.82, 2.24) is 5.32 Å². The summed E-state index contributed by atoms with van der Waals surface area (Å²) in [5.41, 5.74) is -0.815. The minimum atomic E-state index is -1.09. The third-order valence-electron chi connectivity index (χ3n) is 2.50. The number of amides is 1. The van der Waals surface area contributed by atoms with Crippen LogP contribution in [0.15, 0.2) is 30.3 Å². The first-order valence-electron chi connectivity index (χ1n) is 6.36. The molecule has 0 saturated heterocycles. The third-order valence-corrected chi connectivity index (χ3v) is 2.50. The molecule has 4 heteroatoms. The number of ether oxygens (including phenoxy) is 1. The van der Waals surface area contributed by atoms with E-state index in [1.54, 1.807) is 34.6 Å². The van der Waals surface area contributed by atoms with Crippen molar-refractivity contribution in [2.24, 2.45) is 0 Å². The number of hydrogen-bond acceptors (Lipinski definition) is 3. The van der Waals surface area contributed by atoms with Crippen LogP contribution in [-0.2, 0) is 4.74 Å². The molecule has 106 valence electrons. The van der Waals surface area contributed by atoms with Crippen molar-refractivity contribution < 1.29 is 14.6 Å². The van der Waals surface area contributed by atoms with E-state index in [4.69, 9.17) is 4.74 Å². The standard InChI is InChI=1S/C15H23NO3/c1-14(2,3)19-13(17)16-12(15(4,5)18)11-9-7-6-8-10-11/h6-10,12,18H,1-5H3,(H,16,17). The van der Waals surface area contributed by atoms with Gasteiger partial charge in [0.05, 0.1) is 11.6 Å². The van der Waals surface area contributed by atoms with Gasteiger partial charge < -0.3 is 15.2 Å². The van der Waals surface area contributed by atoms with Crippen LogP contribution in [0.3, 0.4) is 0 Å². The fourth-order valence-corrected chi connectivity index (χ4v) is 1.74. The summed E-state index contributed by atoms with van der Waals surface area (Å²) < 4.78 is 5.22. The van der Waals surface area contributed by atoms with Crippen LogP contribution in [0.25, 0.3) is 0 Å². The second-order valence-electron chi connectivity index (χ2n) is 6.14. The van der Waals surface area contributed by atoms with Gasteiger partial charge in [0.15, 0.2) is 0 Å². The molecule has 1 atom stereocenters. The molecular weight excluding hydrogens is 242 g/mol. The molecule has 0 aliphatic heterocycles. The number of nitrogens with one attached hydrogen (secondary N) is 1. The van der Waals surface area contributed by atoms with Gasteiger partial charge in [-0.2, -0.15) is 0 Å². The van der Waals surface area contributed by atoms with Crippen LogP contribution >= 0.6 is 0 Å². The van der Waals surface area contributed by atoms with E-state index in [0.717, 1.165) is 5.56 Å². The number of aliphatic hydroxyl groups is 1. The van der Waals surface area contributed by atoms with E-state index >= 15 is 0 Å². The van der Waals surface area contributed by atoms with Crippen LogP contribution < -0.4 is 5.32 Å². The van der Waals surface area contributed by atoms with Gasteiger partial charge in [-0.1, -0.05) is 30.3 Å². The van der Waals surface area contributed by atoms with E-state index in [0.29, 0.717) is 0 Å². The molecule has 0 aliphatic carbocycles. The average molecular weight is 265 g/mol. The second kappa shape index (κ2) is 5.61. The summed E-state index contributed by atoms with van der Waals surface area (Å²) in [6.07, 6.45) is -0.538. The predicted octanol–water partition coefficient (Wildman–Crippen LogP) is 3.02. The lowest BCUT2D eigenvalue weighted by atomic mass is 9.92. The van der Waals surface area contributed by atoms with Gasteiger partial charge in [-0.05, 0) is 40.2 Å². The van der Waals surface area contributed by atoms with Gasteiger partial charge in [-0.15, -0.1) is 0 Å². The summed E-state index contributed by atoms with van der Waals surface area (Å²) in [6, 6.07) is 8.82. The summed E-state index contributed by atoms with van der Waals surface area (Å²) in [7, 11) is 0. The van der Waals surface area contributed by atoms with Crippen molar-refractivity contribution in [2.75, 3.05) is 0 Å². The van der Waals surface area contributed by atoms with Crippen molar-refractivity contribution in [2.45, 2.75) is 51.9 Å². The molecule has 0 aliphatic rings. The van der Waals surface area contributed by atoms with Crippen LogP contribution in [0.1, 0.15) is 46.2 Å². The average Bonchev–Trinajstić information content (AvgIpc) is 2.23. The van der Waals surface area contributed by atoms with E-state index in [2.05, 4.69) is 5.32 Å². The van der Waals surface area contributed by atoms with Crippen molar-refractivity contribution in [3.05, 3.63) is 35.9 Å². The minimum absolute atomic E-state index is 0.524. The number of carbonyl (C=O) groups is 1. The molecule has 0 bridgehead atoms. The van der Waals surface area contributed by atoms with Crippen LogP contribution in [0.5, 0.6) is 0 Å². The summed E-state index contributed by atoms with van der Waals surface area (Å²) >= 11 is 0. The number of hydrogen-bond donors (Lipinski definition) is 2. The van der Waals surface area contributed by atoms with Crippen LogP contribution in [0, 0.1) is 0 Å². The Morgan fingerprint density at radius 3 is 2.11 bits per heavy atom. The Labute approximate surface area is 114 Å². The van der Waals surface area contributed by atoms with Crippen molar-refractivity contribution in [3.63, 3.8) is 0 Å². The fourth-order valence-electron chi connectivity index (χ4n) is 1.74. The molecule has 0 radical (unpaired) electrons. The highest BCUT2D eigenvalue weighted by atomic mass is 16.6. The minimum Gasteiger partial charge on any atom is -0.444 e. The summed E-state index contributed by atoms with van der Waals surface area (Å²) in [5, 5.41) is 12.9. The molecule has 1 amide bonds. The Balaban J connectivity index is 2.87. The van der Waals surface area contributed by atoms with Gasteiger partial charge in [0.1, 0.15) is 5.60 Å². The topological polar surface area (TPSA) is 58.6 Å². The first kappa shape index (κ1) is 15.5. The Kier molecular flexibility index (Phi) is 4.58. The highest BCUT2D eigenvalue weighted by Gasteiger charge is 2.31. The maximum atomic E-state index is 11.8. The van der Waals surface area contributed by atoms with Crippen molar-refractivity contribution >= 4 is 6.09 Å². The Hall–Kier alpha value is -1.55. The summed E-state index contributed by atoms with van der Waals surface area (Å²) in [4.78, 5) is 11.8. The first-order valence-corrected chi connectivity index (χ1v) is 6.36. The van der Waals surface area contributed by atoms with Gasteiger partial charge in [0.2, 0.25) is 0 Å². The predicted molar refractivity (Wildman–Crippen MR) is 74.9 cm³/mol. The maximum absolute atomic E-state index is 11.8. The van der Waals surface area contributed by atoms with Gasteiger partial charge in [0.25, 0.3) is 0 Å². The van der Waals surface area contributed by atoms with Crippen LogP contribution in [-0.4, -0.2) is 22.4 Å². The Bertz CT molecular complexity index is 415. The molecule has 0 spiro atoms. The lowest BCUT2D eigenvalue weighted by molar-refractivity contribution is 0.0163. The second-order valence-corrected chi connectivity index (χ2v) is 6.14. The van der Waals surface area contributed by atoms with E-state index in [9.17, 15) is 9.90 Å². The van der Waals surface area contributed by atoms with E-state index in [1.165, 1.54) is 0 Å². The lowest BCUT2D eigenvalue weighted by Gasteiger charge is -2.31. The lowest BCUT2D eigenvalue weighted by Crippen LogP contribution is -2.44. The Morgan fingerprint density at radius 2 is 1.68 bits per heavy atom. The summed E-state index contributed by atoms with van der Waals surface area (Å²) in [5.74, 6) is 0. The smallest absolute Gasteiger partial charge is 0.408 e. The molecule has 1 aromatic carbocycles. The van der Waals surface area contributed by atoms with Crippen molar-refractivity contribution in [1.29, 1.82) is 0 Å². The molecule has 4 nitrogen and oxygen atoms in total.